The standard InChI is InChI=1S/C16H25BrFN/c1-5-19-15(16(2,3)4)8-6-7-12-9-13(17)11-14(18)10-12/h9-11,15,19H,5-8H2,1-4H3. The second-order valence-electron chi connectivity index (χ2n) is 6.15. The molecule has 3 heteroatoms. The van der Waals surface area contributed by atoms with Crippen LogP contribution in [0, 0.1) is 11.2 Å². The first kappa shape index (κ1) is 16.6. The van der Waals surface area contributed by atoms with Crippen LogP contribution < -0.4 is 5.32 Å². The number of hydrogen-bond donors (Lipinski definition) is 1. The molecule has 0 aliphatic rings. The molecular formula is C16H25BrFN. The summed E-state index contributed by atoms with van der Waals surface area (Å²) in [6.07, 6.45) is 3.12. The van der Waals surface area contributed by atoms with Gasteiger partial charge in [-0.1, -0.05) is 43.6 Å². The van der Waals surface area contributed by atoms with Crippen molar-refractivity contribution in [3.63, 3.8) is 0 Å². The van der Waals surface area contributed by atoms with Gasteiger partial charge in [-0.05, 0) is 55.0 Å². The first-order chi connectivity index (χ1) is 8.82. The van der Waals surface area contributed by atoms with E-state index in [2.05, 4.69) is 48.9 Å². The molecule has 0 aliphatic carbocycles. The SMILES string of the molecule is CCNC(CCCc1cc(F)cc(Br)c1)C(C)(C)C. The minimum absolute atomic E-state index is 0.163. The minimum atomic E-state index is -0.163. The smallest absolute Gasteiger partial charge is 0.124 e. The Morgan fingerprint density at radius 1 is 1.26 bits per heavy atom. The van der Waals surface area contributed by atoms with E-state index in [1.165, 1.54) is 6.07 Å². The van der Waals surface area contributed by atoms with Gasteiger partial charge < -0.3 is 5.32 Å². The summed E-state index contributed by atoms with van der Waals surface area (Å²) in [6.45, 7) is 9.92. The summed E-state index contributed by atoms with van der Waals surface area (Å²) in [5.41, 5.74) is 1.33. The van der Waals surface area contributed by atoms with Gasteiger partial charge in [-0.15, -0.1) is 0 Å². The second-order valence-corrected chi connectivity index (χ2v) is 7.06. The van der Waals surface area contributed by atoms with Gasteiger partial charge in [-0.2, -0.15) is 0 Å². The fourth-order valence-corrected chi connectivity index (χ4v) is 2.87. The highest BCUT2D eigenvalue weighted by Gasteiger charge is 2.22. The van der Waals surface area contributed by atoms with Gasteiger partial charge >= 0.3 is 0 Å². The van der Waals surface area contributed by atoms with Crippen molar-refractivity contribution in [2.45, 2.75) is 53.0 Å². The average molecular weight is 330 g/mol. The Morgan fingerprint density at radius 3 is 2.47 bits per heavy atom. The van der Waals surface area contributed by atoms with Crippen LogP contribution in [-0.4, -0.2) is 12.6 Å². The number of aryl methyl sites for hydroxylation is 1. The third-order valence-electron chi connectivity index (χ3n) is 3.38. The molecule has 0 spiro atoms. The Hall–Kier alpha value is -0.410. The maximum Gasteiger partial charge on any atom is 0.124 e. The molecule has 0 aliphatic heterocycles. The summed E-state index contributed by atoms with van der Waals surface area (Å²) >= 11 is 3.34. The highest BCUT2D eigenvalue weighted by molar-refractivity contribution is 9.10. The minimum Gasteiger partial charge on any atom is -0.314 e. The van der Waals surface area contributed by atoms with Crippen molar-refractivity contribution in [2.75, 3.05) is 6.54 Å². The lowest BCUT2D eigenvalue weighted by Crippen LogP contribution is -2.40. The van der Waals surface area contributed by atoms with Gasteiger partial charge in [0.25, 0.3) is 0 Å². The van der Waals surface area contributed by atoms with Crippen molar-refractivity contribution in [2.24, 2.45) is 5.41 Å². The van der Waals surface area contributed by atoms with Crippen LogP contribution in [0.1, 0.15) is 46.1 Å². The zero-order valence-corrected chi connectivity index (χ0v) is 14.0. The lowest BCUT2D eigenvalue weighted by Gasteiger charge is -2.31. The third kappa shape index (κ3) is 6.05. The molecule has 0 heterocycles. The van der Waals surface area contributed by atoms with Gasteiger partial charge in [0.15, 0.2) is 0 Å². The molecule has 0 saturated heterocycles. The average Bonchev–Trinajstić information content (AvgIpc) is 2.25. The molecule has 1 atom stereocenters. The van der Waals surface area contributed by atoms with Crippen LogP contribution in [0.15, 0.2) is 22.7 Å². The quantitative estimate of drug-likeness (QED) is 0.779. The van der Waals surface area contributed by atoms with Crippen LogP contribution in [0.2, 0.25) is 0 Å². The summed E-state index contributed by atoms with van der Waals surface area (Å²) in [7, 11) is 0. The monoisotopic (exact) mass is 329 g/mol. The molecule has 0 radical (unpaired) electrons. The van der Waals surface area contributed by atoms with Gasteiger partial charge in [-0.25, -0.2) is 4.39 Å². The Bertz CT molecular complexity index is 378. The van der Waals surface area contributed by atoms with Crippen LogP contribution in [0.3, 0.4) is 0 Å². The lowest BCUT2D eigenvalue weighted by atomic mass is 9.83. The molecule has 0 bridgehead atoms. The molecule has 0 fully saturated rings. The molecule has 1 rings (SSSR count). The molecule has 1 nitrogen and oxygen atoms in total. The molecule has 0 aromatic heterocycles. The molecule has 1 unspecified atom stereocenters. The molecule has 0 saturated carbocycles. The summed E-state index contributed by atoms with van der Waals surface area (Å²) < 4.78 is 14.1. The normalized spacial score (nSPS) is 13.6. The Labute approximate surface area is 125 Å². The molecule has 19 heavy (non-hydrogen) atoms. The third-order valence-corrected chi connectivity index (χ3v) is 3.83. The number of benzene rings is 1. The molecular weight excluding hydrogens is 305 g/mol. The van der Waals surface area contributed by atoms with E-state index in [0.29, 0.717) is 6.04 Å². The summed E-state index contributed by atoms with van der Waals surface area (Å²) in [5.74, 6) is -0.163. The predicted octanol–water partition coefficient (Wildman–Crippen LogP) is 4.94. The van der Waals surface area contributed by atoms with Crippen molar-refractivity contribution < 1.29 is 4.39 Å². The van der Waals surface area contributed by atoms with Crippen LogP contribution >= 0.6 is 15.9 Å². The maximum absolute atomic E-state index is 13.3. The highest BCUT2D eigenvalue weighted by Crippen LogP contribution is 2.24. The van der Waals surface area contributed by atoms with Crippen LogP contribution in [-0.2, 0) is 6.42 Å². The van der Waals surface area contributed by atoms with E-state index in [1.54, 1.807) is 6.07 Å². The van der Waals surface area contributed by atoms with E-state index in [-0.39, 0.29) is 11.2 Å². The molecule has 0 amide bonds. The molecule has 1 aromatic rings. The van der Waals surface area contributed by atoms with E-state index in [4.69, 9.17) is 0 Å². The number of hydrogen-bond acceptors (Lipinski definition) is 1. The number of halogens is 2. The van der Waals surface area contributed by atoms with Crippen molar-refractivity contribution in [1.29, 1.82) is 0 Å². The Kier molecular flexibility index (Phi) is 6.48. The van der Waals surface area contributed by atoms with Gasteiger partial charge in [-0.3, -0.25) is 0 Å². The molecule has 1 N–H and O–H groups in total. The second kappa shape index (κ2) is 7.39. The van der Waals surface area contributed by atoms with Crippen molar-refractivity contribution >= 4 is 15.9 Å². The van der Waals surface area contributed by atoms with Gasteiger partial charge in [0.05, 0.1) is 0 Å². The maximum atomic E-state index is 13.3. The van der Waals surface area contributed by atoms with Crippen molar-refractivity contribution in [3.8, 4) is 0 Å². The van der Waals surface area contributed by atoms with E-state index >= 15 is 0 Å². The topological polar surface area (TPSA) is 12.0 Å². The van der Waals surface area contributed by atoms with E-state index in [9.17, 15) is 4.39 Å². The Balaban J connectivity index is 2.52. The lowest BCUT2D eigenvalue weighted by molar-refractivity contribution is 0.254. The van der Waals surface area contributed by atoms with Crippen LogP contribution in [0.25, 0.3) is 0 Å². The summed E-state index contributed by atoms with van der Waals surface area (Å²) in [5, 5.41) is 3.55. The Morgan fingerprint density at radius 2 is 1.95 bits per heavy atom. The van der Waals surface area contributed by atoms with Gasteiger partial charge in [0.1, 0.15) is 5.82 Å². The summed E-state index contributed by atoms with van der Waals surface area (Å²) in [6, 6.07) is 5.64. The van der Waals surface area contributed by atoms with Gasteiger partial charge in [0, 0.05) is 10.5 Å². The van der Waals surface area contributed by atoms with Gasteiger partial charge in [0.2, 0.25) is 0 Å². The zero-order chi connectivity index (χ0) is 14.5. The highest BCUT2D eigenvalue weighted by atomic mass is 79.9. The first-order valence-electron chi connectivity index (χ1n) is 7.01. The largest absolute Gasteiger partial charge is 0.314 e. The first-order valence-corrected chi connectivity index (χ1v) is 7.80. The van der Waals surface area contributed by atoms with E-state index in [0.717, 1.165) is 35.8 Å². The van der Waals surface area contributed by atoms with E-state index in [1.807, 2.05) is 6.07 Å². The van der Waals surface area contributed by atoms with Crippen molar-refractivity contribution in [1.82, 2.24) is 5.32 Å². The zero-order valence-electron chi connectivity index (χ0n) is 12.4. The molecule has 1 aromatic carbocycles. The summed E-state index contributed by atoms with van der Waals surface area (Å²) in [4.78, 5) is 0. The van der Waals surface area contributed by atoms with Crippen LogP contribution in [0.5, 0.6) is 0 Å². The predicted molar refractivity (Wildman–Crippen MR) is 84.0 cm³/mol. The number of nitrogens with one attached hydrogen (secondary N) is 1. The van der Waals surface area contributed by atoms with Crippen LogP contribution in [0.4, 0.5) is 4.39 Å². The van der Waals surface area contributed by atoms with Crippen molar-refractivity contribution in [3.05, 3.63) is 34.1 Å². The molecule has 108 valence electrons. The fraction of sp³-hybridized carbons (Fsp3) is 0.625. The van der Waals surface area contributed by atoms with E-state index < -0.39 is 0 Å². The fourth-order valence-electron chi connectivity index (χ4n) is 2.35. The number of rotatable bonds is 6.